The van der Waals surface area contributed by atoms with Gasteiger partial charge in [0.05, 0.1) is 6.61 Å². The molecule has 0 aliphatic heterocycles. The predicted octanol–water partition coefficient (Wildman–Crippen LogP) is 5.70. The zero-order valence-corrected chi connectivity index (χ0v) is 20.4. The molecule has 2 N–H and O–H groups in total. The topological polar surface area (TPSA) is 93.7 Å². The van der Waals surface area contributed by atoms with E-state index >= 15 is 0 Å². The Kier molecular flexibility index (Phi) is 8.25. The predicted molar refractivity (Wildman–Crippen MR) is 135 cm³/mol. The van der Waals surface area contributed by atoms with Crippen molar-refractivity contribution in [2.24, 2.45) is 0 Å². The van der Waals surface area contributed by atoms with Crippen molar-refractivity contribution in [1.82, 2.24) is 5.32 Å². The van der Waals surface area contributed by atoms with E-state index in [1.54, 1.807) is 31.2 Å². The third kappa shape index (κ3) is 7.43. The Morgan fingerprint density at radius 3 is 1.91 bits per heavy atom. The van der Waals surface area contributed by atoms with E-state index < -0.39 is 6.16 Å². The molecule has 0 radical (unpaired) electrons. The average Bonchev–Trinajstić information content (AvgIpc) is 2.83. The van der Waals surface area contributed by atoms with Crippen LogP contribution < -0.4 is 15.4 Å². The summed E-state index contributed by atoms with van der Waals surface area (Å²) in [7, 11) is 0. The lowest BCUT2D eigenvalue weighted by Crippen LogP contribution is -2.23. The largest absolute Gasteiger partial charge is 0.513 e. The summed E-state index contributed by atoms with van der Waals surface area (Å²) in [6.07, 6.45) is -0.792. The summed E-state index contributed by atoms with van der Waals surface area (Å²) in [5.41, 5.74) is 3.76. The van der Waals surface area contributed by atoms with E-state index in [2.05, 4.69) is 31.4 Å². The van der Waals surface area contributed by atoms with Crippen LogP contribution in [-0.2, 0) is 16.7 Å². The van der Waals surface area contributed by atoms with Crippen LogP contribution in [-0.4, -0.2) is 24.6 Å². The van der Waals surface area contributed by atoms with Gasteiger partial charge in [-0.15, -0.1) is 0 Å². The monoisotopic (exact) mass is 474 g/mol. The quantitative estimate of drug-likeness (QED) is 0.338. The minimum absolute atomic E-state index is 0.0359. The van der Waals surface area contributed by atoms with E-state index in [1.807, 2.05) is 36.4 Å². The van der Waals surface area contributed by atoms with E-state index in [0.717, 1.165) is 5.56 Å². The van der Waals surface area contributed by atoms with Gasteiger partial charge in [0.2, 0.25) is 0 Å². The highest BCUT2D eigenvalue weighted by molar-refractivity contribution is 6.04. The first kappa shape index (κ1) is 25.5. The summed E-state index contributed by atoms with van der Waals surface area (Å²) in [4.78, 5) is 36.3. The summed E-state index contributed by atoms with van der Waals surface area (Å²) in [6, 6.07) is 21.0. The molecule has 0 atom stereocenters. The van der Waals surface area contributed by atoms with Crippen molar-refractivity contribution in [2.75, 3.05) is 11.9 Å². The van der Waals surface area contributed by atoms with Gasteiger partial charge in [-0.05, 0) is 72.0 Å². The molecule has 0 saturated carbocycles. The van der Waals surface area contributed by atoms with Crippen LogP contribution in [0.4, 0.5) is 10.5 Å². The molecule has 35 heavy (non-hydrogen) atoms. The summed E-state index contributed by atoms with van der Waals surface area (Å²) in [5.74, 6) is -0.151. The zero-order valence-electron chi connectivity index (χ0n) is 20.4. The second kappa shape index (κ2) is 11.3. The van der Waals surface area contributed by atoms with E-state index in [4.69, 9.17) is 9.47 Å². The Bertz CT molecular complexity index is 1160. The molecule has 3 aromatic carbocycles. The molecule has 0 bridgehead atoms. The van der Waals surface area contributed by atoms with Crippen molar-refractivity contribution in [3.63, 3.8) is 0 Å². The Hall–Kier alpha value is -4.13. The SMILES string of the molecule is CCOC(=O)Oc1ccc(C(=O)Nc2ccc(CNC(=O)c3ccc(C(C)(C)C)cc3)cc2)cc1. The number of nitrogens with one attached hydrogen (secondary N) is 2. The number of rotatable bonds is 7. The fraction of sp³-hybridized carbons (Fsp3) is 0.250. The fourth-order valence-electron chi connectivity index (χ4n) is 3.23. The molecule has 7 nitrogen and oxygen atoms in total. The normalized spacial score (nSPS) is 10.9. The van der Waals surface area contributed by atoms with Crippen LogP contribution in [0.3, 0.4) is 0 Å². The molecule has 0 heterocycles. The first-order valence-electron chi connectivity index (χ1n) is 11.4. The van der Waals surface area contributed by atoms with E-state index in [1.165, 1.54) is 17.7 Å². The number of amides is 2. The molecule has 182 valence electrons. The van der Waals surface area contributed by atoms with Gasteiger partial charge < -0.3 is 20.1 Å². The Balaban J connectivity index is 1.51. The van der Waals surface area contributed by atoms with E-state index in [-0.39, 0.29) is 29.6 Å². The van der Waals surface area contributed by atoms with Crippen LogP contribution in [0.25, 0.3) is 0 Å². The fourth-order valence-corrected chi connectivity index (χ4v) is 3.23. The summed E-state index contributed by atoms with van der Waals surface area (Å²) < 4.78 is 9.70. The molecule has 0 fully saturated rings. The summed E-state index contributed by atoms with van der Waals surface area (Å²) >= 11 is 0. The number of anilines is 1. The van der Waals surface area contributed by atoms with Gasteiger partial charge in [-0.2, -0.15) is 0 Å². The molecule has 3 rings (SSSR count). The van der Waals surface area contributed by atoms with Gasteiger partial charge in [0, 0.05) is 23.4 Å². The van der Waals surface area contributed by atoms with Crippen LogP contribution >= 0.6 is 0 Å². The minimum Gasteiger partial charge on any atom is -0.434 e. The number of carbonyl (C=O) groups is 3. The van der Waals surface area contributed by atoms with Gasteiger partial charge >= 0.3 is 6.16 Å². The molecule has 0 saturated heterocycles. The van der Waals surface area contributed by atoms with Gasteiger partial charge in [0.15, 0.2) is 0 Å². The molecule has 0 aliphatic carbocycles. The second-order valence-electron chi connectivity index (χ2n) is 8.97. The van der Waals surface area contributed by atoms with Gasteiger partial charge in [-0.1, -0.05) is 45.0 Å². The Labute approximate surface area is 205 Å². The Morgan fingerprint density at radius 2 is 1.34 bits per heavy atom. The van der Waals surface area contributed by atoms with Crippen LogP contribution in [0.5, 0.6) is 5.75 Å². The maximum Gasteiger partial charge on any atom is 0.513 e. The van der Waals surface area contributed by atoms with Gasteiger partial charge in [-0.3, -0.25) is 9.59 Å². The van der Waals surface area contributed by atoms with Gasteiger partial charge in [0.25, 0.3) is 11.8 Å². The zero-order chi connectivity index (χ0) is 25.4. The van der Waals surface area contributed by atoms with Gasteiger partial charge in [-0.25, -0.2) is 4.79 Å². The number of carbonyl (C=O) groups excluding carboxylic acids is 3. The maximum absolute atomic E-state index is 12.5. The first-order valence-corrected chi connectivity index (χ1v) is 11.4. The molecule has 2 amide bonds. The highest BCUT2D eigenvalue weighted by Gasteiger charge is 2.14. The highest BCUT2D eigenvalue weighted by Crippen LogP contribution is 2.22. The van der Waals surface area contributed by atoms with E-state index in [9.17, 15) is 14.4 Å². The molecule has 0 unspecified atom stereocenters. The average molecular weight is 475 g/mol. The molecule has 0 spiro atoms. The summed E-state index contributed by atoms with van der Waals surface area (Å²) in [5, 5.41) is 5.73. The number of hydrogen-bond donors (Lipinski definition) is 2. The Morgan fingerprint density at radius 1 is 0.771 bits per heavy atom. The lowest BCUT2D eigenvalue weighted by molar-refractivity contribution is 0.0949. The van der Waals surface area contributed by atoms with Crippen molar-refractivity contribution in [3.8, 4) is 5.75 Å². The third-order valence-corrected chi connectivity index (χ3v) is 5.26. The maximum atomic E-state index is 12.5. The van der Waals surface area contributed by atoms with Crippen LogP contribution in [0.2, 0.25) is 0 Å². The molecular formula is C28H30N2O5. The minimum atomic E-state index is -0.792. The second-order valence-corrected chi connectivity index (χ2v) is 8.97. The molecule has 7 heteroatoms. The van der Waals surface area contributed by atoms with Crippen LogP contribution in [0, 0.1) is 0 Å². The lowest BCUT2D eigenvalue weighted by atomic mass is 9.87. The summed E-state index contributed by atoms with van der Waals surface area (Å²) in [6.45, 7) is 8.67. The van der Waals surface area contributed by atoms with Crippen molar-refractivity contribution in [1.29, 1.82) is 0 Å². The molecular weight excluding hydrogens is 444 g/mol. The molecule has 0 aromatic heterocycles. The van der Waals surface area contributed by atoms with Crippen molar-refractivity contribution < 1.29 is 23.9 Å². The third-order valence-electron chi connectivity index (χ3n) is 5.26. The first-order chi connectivity index (χ1) is 16.7. The number of ether oxygens (including phenoxy) is 2. The molecule has 0 aliphatic rings. The highest BCUT2D eigenvalue weighted by atomic mass is 16.7. The standard InChI is InChI=1S/C28H30N2O5/c1-5-34-27(33)35-24-16-10-21(11-17-24)26(32)30-23-14-6-19(7-15-23)18-29-25(31)20-8-12-22(13-9-20)28(2,3)4/h6-17H,5,18H2,1-4H3,(H,29,31)(H,30,32). The van der Waals surface area contributed by atoms with E-state index in [0.29, 0.717) is 23.4 Å². The molecule has 3 aromatic rings. The van der Waals surface area contributed by atoms with Crippen molar-refractivity contribution >= 4 is 23.7 Å². The number of hydrogen-bond acceptors (Lipinski definition) is 5. The van der Waals surface area contributed by atoms with Crippen LogP contribution in [0.1, 0.15) is 59.5 Å². The lowest BCUT2D eigenvalue weighted by Gasteiger charge is -2.19. The number of benzene rings is 3. The van der Waals surface area contributed by atoms with Crippen molar-refractivity contribution in [2.45, 2.75) is 39.7 Å². The van der Waals surface area contributed by atoms with Crippen LogP contribution in [0.15, 0.2) is 72.8 Å². The van der Waals surface area contributed by atoms with Gasteiger partial charge in [0.1, 0.15) is 5.75 Å². The smallest absolute Gasteiger partial charge is 0.434 e. The van der Waals surface area contributed by atoms with Crippen molar-refractivity contribution in [3.05, 3.63) is 95.1 Å².